The first kappa shape index (κ1) is 14.9. The van der Waals surface area contributed by atoms with Crippen LogP contribution >= 0.6 is 0 Å². The lowest BCUT2D eigenvalue weighted by Crippen LogP contribution is -2.03. The molecule has 0 heterocycles. The van der Waals surface area contributed by atoms with Gasteiger partial charge in [0.15, 0.2) is 0 Å². The number of phenolic OH excluding ortho intramolecular Hbond substituents is 1. The van der Waals surface area contributed by atoms with Crippen LogP contribution in [0.15, 0.2) is 51.8 Å². The van der Waals surface area contributed by atoms with Crippen molar-refractivity contribution >= 4 is 11.7 Å². The van der Waals surface area contributed by atoms with Crippen molar-refractivity contribution in [3.63, 3.8) is 0 Å². The molecular formula is C15H17N3O3. The van der Waals surface area contributed by atoms with Gasteiger partial charge in [0.05, 0.1) is 5.70 Å². The topological polar surface area (TPSA) is 108 Å². The number of nitrogens with zero attached hydrogens (tertiary/aromatic N) is 2. The zero-order valence-electron chi connectivity index (χ0n) is 11.5. The van der Waals surface area contributed by atoms with Crippen LogP contribution in [0.2, 0.25) is 0 Å². The molecule has 110 valence electrons. The number of carboxylic acids is 1. The van der Waals surface area contributed by atoms with Gasteiger partial charge in [0.2, 0.25) is 0 Å². The Balaban J connectivity index is 2.15. The van der Waals surface area contributed by atoms with Gasteiger partial charge in [-0.2, -0.15) is 5.11 Å². The van der Waals surface area contributed by atoms with E-state index in [1.165, 1.54) is 6.08 Å². The fourth-order valence-electron chi connectivity index (χ4n) is 1.98. The van der Waals surface area contributed by atoms with Crippen LogP contribution in [0, 0.1) is 0 Å². The Hall–Kier alpha value is -2.47. The molecule has 21 heavy (non-hydrogen) atoms. The Morgan fingerprint density at radius 3 is 2.67 bits per heavy atom. The number of carbonyl (C=O) groups is 1. The van der Waals surface area contributed by atoms with E-state index >= 15 is 0 Å². The molecule has 0 aliphatic heterocycles. The fourth-order valence-corrected chi connectivity index (χ4v) is 1.98. The summed E-state index contributed by atoms with van der Waals surface area (Å²) in [6.45, 7) is 0.523. The minimum atomic E-state index is -0.908. The van der Waals surface area contributed by atoms with Crippen LogP contribution in [0.25, 0.3) is 0 Å². The van der Waals surface area contributed by atoms with Crippen LogP contribution in [-0.2, 0) is 11.2 Å². The normalized spacial score (nSPS) is 14.9. The van der Waals surface area contributed by atoms with Gasteiger partial charge in [-0.1, -0.05) is 6.07 Å². The summed E-state index contributed by atoms with van der Waals surface area (Å²) < 4.78 is 0. The number of rotatable bonds is 5. The smallest absolute Gasteiger partial charge is 0.331 e. The van der Waals surface area contributed by atoms with Crippen LogP contribution in [0.4, 0.5) is 5.69 Å². The molecule has 0 spiro atoms. The summed E-state index contributed by atoms with van der Waals surface area (Å²) in [6, 6.07) is 5.10. The van der Waals surface area contributed by atoms with Gasteiger partial charge in [0, 0.05) is 5.57 Å². The molecule has 0 unspecified atom stereocenters. The molecule has 0 atom stereocenters. The van der Waals surface area contributed by atoms with Crippen molar-refractivity contribution < 1.29 is 15.0 Å². The largest absolute Gasteiger partial charge is 0.506 e. The maximum absolute atomic E-state index is 10.8. The highest BCUT2D eigenvalue weighted by Gasteiger charge is 2.11. The van der Waals surface area contributed by atoms with Gasteiger partial charge < -0.3 is 15.9 Å². The van der Waals surface area contributed by atoms with E-state index in [0.717, 1.165) is 5.56 Å². The van der Waals surface area contributed by atoms with E-state index < -0.39 is 5.97 Å². The molecule has 0 amide bonds. The Labute approximate surface area is 122 Å². The maximum atomic E-state index is 10.8. The Kier molecular flexibility index (Phi) is 4.84. The summed E-state index contributed by atoms with van der Waals surface area (Å²) >= 11 is 0. The molecule has 0 fully saturated rings. The van der Waals surface area contributed by atoms with E-state index in [4.69, 9.17) is 10.8 Å². The third-order valence-corrected chi connectivity index (χ3v) is 3.16. The molecule has 0 bridgehead atoms. The molecule has 0 saturated carbocycles. The number of azo groups is 1. The van der Waals surface area contributed by atoms with Crippen LogP contribution in [0.5, 0.6) is 5.75 Å². The number of aromatic hydroxyl groups is 1. The van der Waals surface area contributed by atoms with E-state index in [0.29, 0.717) is 42.8 Å². The third-order valence-electron chi connectivity index (χ3n) is 3.16. The first-order valence-corrected chi connectivity index (χ1v) is 6.67. The van der Waals surface area contributed by atoms with Crippen LogP contribution in [0.3, 0.4) is 0 Å². The predicted octanol–water partition coefficient (Wildman–Crippen LogP) is 2.67. The quantitative estimate of drug-likeness (QED) is 0.723. The minimum absolute atomic E-state index is 0.0534. The number of allylic oxidation sites excluding steroid dienone is 3. The van der Waals surface area contributed by atoms with Crippen LogP contribution in [0.1, 0.15) is 18.4 Å². The third kappa shape index (κ3) is 4.00. The van der Waals surface area contributed by atoms with E-state index in [-0.39, 0.29) is 5.75 Å². The van der Waals surface area contributed by atoms with Gasteiger partial charge in [-0.25, -0.2) is 4.79 Å². The standard InChI is InChI=1S/C15H17N3O3/c16-8-7-10-1-6-14(19)13(9-10)18-17-12-4-2-11(3-5-12)15(20)21/h1-2,4,6,9,19H,3,5,7-8,16H2,(H,20,21)/b18-17+. The summed E-state index contributed by atoms with van der Waals surface area (Å²) in [6.07, 6.45) is 4.82. The number of hydrogen-bond acceptors (Lipinski definition) is 5. The van der Waals surface area contributed by atoms with Gasteiger partial charge in [-0.05, 0) is 55.7 Å². The summed E-state index contributed by atoms with van der Waals surface area (Å²) in [5, 5.41) is 26.7. The first-order valence-electron chi connectivity index (χ1n) is 6.67. The number of hydrogen-bond donors (Lipinski definition) is 3. The number of benzene rings is 1. The van der Waals surface area contributed by atoms with Crippen molar-refractivity contribution in [3.05, 3.63) is 47.2 Å². The number of carboxylic acid groups (broad SMARTS) is 1. The lowest BCUT2D eigenvalue weighted by atomic mass is 10.0. The second-order valence-electron chi connectivity index (χ2n) is 4.72. The van der Waals surface area contributed by atoms with Gasteiger partial charge >= 0.3 is 5.97 Å². The molecule has 1 aromatic rings. The molecule has 4 N–H and O–H groups in total. The summed E-state index contributed by atoms with van der Waals surface area (Å²) in [4.78, 5) is 10.8. The molecule has 2 rings (SSSR count). The zero-order valence-corrected chi connectivity index (χ0v) is 11.5. The summed E-state index contributed by atoms with van der Waals surface area (Å²) in [7, 11) is 0. The molecule has 1 aliphatic carbocycles. The minimum Gasteiger partial charge on any atom is -0.506 e. The van der Waals surface area contributed by atoms with Gasteiger partial charge in [0.25, 0.3) is 0 Å². The first-order chi connectivity index (χ1) is 10.1. The molecule has 0 aromatic heterocycles. The monoisotopic (exact) mass is 287 g/mol. The highest BCUT2D eigenvalue weighted by atomic mass is 16.4. The van der Waals surface area contributed by atoms with Gasteiger partial charge in [-0.3, -0.25) is 0 Å². The average molecular weight is 287 g/mol. The van der Waals surface area contributed by atoms with Crippen molar-refractivity contribution in [1.82, 2.24) is 0 Å². The van der Waals surface area contributed by atoms with E-state index in [9.17, 15) is 9.90 Å². The molecule has 0 saturated heterocycles. The Morgan fingerprint density at radius 1 is 1.24 bits per heavy atom. The lowest BCUT2D eigenvalue weighted by Gasteiger charge is -2.07. The van der Waals surface area contributed by atoms with Crippen molar-refractivity contribution in [2.75, 3.05) is 6.54 Å². The van der Waals surface area contributed by atoms with Crippen molar-refractivity contribution in [3.8, 4) is 5.75 Å². The molecular weight excluding hydrogens is 270 g/mol. The van der Waals surface area contributed by atoms with Crippen molar-refractivity contribution in [2.45, 2.75) is 19.3 Å². The van der Waals surface area contributed by atoms with Crippen LogP contribution in [-0.4, -0.2) is 22.7 Å². The van der Waals surface area contributed by atoms with Crippen LogP contribution < -0.4 is 5.73 Å². The van der Waals surface area contributed by atoms with Crippen molar-refractivity contribution in [1.29, 1.82) is 0 Å². The predicted molar refractivity (Wildman–Crippen MR) is 78.4 cm³/mol. The summed E-state index contributed by atoms with van der Waals surface area (Å²) in [5.74, 6) is -0.855. The van der Waals surface area contributed by atoms with Gasteiger partial charge in [-0.15, -0.1) is 5.11 Å². The zero-order chi connectivity index (χ0) is 15.2. The number of nitrogens with two attached hydrogens (primary N) is 1. The highest BCUT2D eigenvalue weighted by molar-refractivity contribution is 5.87. The maximum Gasteiger partial charge on any atom is 0.331 e. The van der Waals surface area contributed by atoms with E-state index in [2.05, 4.69) is 10.2 Å². The molecule has 6 heteroatoms. The SMILES string of the molecule is NCCc1ccc(O)c(/N=N/C2=CC=C(C(=O)O)CC2)c1. The molecule has 0 radical (unpaired) electrons. The van der Waals surface area contributed by atoms with E-state index in [1.807, 2.05) is 0 Å². The number of phenols is 1. The number of aliphatic carboxylic acids is 1. The second-order valence-corrected chi connectivity index (χ2v) is 4.72. The highest BCUT2D eigenvalue weighted by Crippen LogP contribution is 2.29. The molecule has 1 aliphatic rings. The fraction of sp³-hybridized carbons (Fsp3) is 0.267. The van der Waals surface area contributed by atoms with Crippen molar-refractivity contribution in [2.24, 2.45) is 16.0 Å². The summed E-state index contributed by atoms with van der Waals surface area (Å²) in [5.41, 5.74) is 7.91. The second kappa shape index (κ2) is 6.81. The molecule has 6 nitrogen and oxygen atoms in total. The Bertz CT molecular complexity index is 633. The Morgan fingerprint density at radius 2 is 2.05 bits per heavy atom. The average Bonchev–Trinajstić information content (AvgIpc) is 2.48. The van der Waals surface area contributed by atoms with Gasteiger partial charge in [0.1, 0.15) is 11.4 Å². The molecule has 1 aromatic carbocycles. The lowest BCUT2D eigenvalue weighted by molar-refractivity contribution is -0.132. The van der Waals surface area contributed by atoms with E-state index in [1.54, 1.807) is 24.3 Å².